The van der Waals surface area contributed by atoms with Crippen molar-refractivity contribution in [3.63, 3.8) is 0 Å². The summed E-state index contributed by atoms with van der Waals surface area (Å²) in [6.07, 6.45) is 0. The number of methoxy groups -OCH3 is 1. The highest BCUT2D eigenvalue weighted by Crippen LogP contribution is 2.22. The van der Waals surface area contributed by atoms with E-state index in [0.29, 0.717) is 12.2 Å². The Morgan fingerprint density at radius 3 is 2.87 bits per heavy atom. The molecule has 0 aliphatic carbocycles. The number of fused-ring (bicyclic) bond motifs is 1. The molecule has 2 rings (SSSR count). The number of aromatic nitrogens is 1. The first-order valence-electron chi connectivity index (χ1n) is 4.56. The van der Waals surface area contributed by atoms with Crippen molar-refractivity contribution in [1.29, 1.82) is 0 Å². The van der Waals surface area contributed by atoms with Crippen LogP contribution in [0.5, 0.6) is 0 Å². The summed E-state index contributed by atoms with van der Waals surface area (Å²) in [6, 6.07) is 7.47. The molecule has 4 nitrogen and oxygen atoms in total. The van der Waals surface area contributed by atoms with Crippen LogP contribution in [0.4, 0.5) is 0 Å². The lowest BCUT2D eigenvalue weighted by Gasteiger charge is -1.98. The van der Waals surface area contributed by atoms with Crippen LogP contribution in [0.15, 0.2) is 24.3 Å². The number of H-pyrrole nitrogens is 1. The first kappa shape index (κ1) is 9.73. The predicted octanol–water partition coefficient (Wildman–Crippen LogP) is 2.01. The topological polar surface area (TPSA) is 62.3 Å². The number of ether oxygens (including phenoxy) is 1. The number of benzene rings is 1. The zero-order chi connectivity index (χ0) is 10.8. The summed E-state index contributed by atoms with van der Waals surface area (Å²) in [5.74, 6) is -0.960. The highest BCUT2D eigenvalue weighted by Gasteiger charge is 2.15. The third-order valence-electron chi connectivity index (χ3n) is 2.32. The predicted molar refractivity (Wildman–Crippen MR) is 56.0 cm³/mol. The molecule has 4 heteroatoms. The van der Waals surface area contributed by atoms with Crippen molar-refractivity contribution >= 4 is 16.9 Å². The van der Waals surface area contributed by atoms with Gasteiger partial charge in [-0.15, -0.1) is 0 Å². The zero-order valence-corrected chi connectivity index (χ0v) is 8.28. The molecule has 1 heterocycles. The van der Waals surface area contributed by atoms with E-state index in [1.165, 1.54) is 0 Å². The highest BCUT2D eigenvalue weighted by atomic mass is 16.5. The van der Waals surface area contributed by atoms with E-state index in [1.54, 1.807) is 7.11 Å². The van der Waals surface area contributed by atoms with Gasteiger partial charge in [0.15, 0.2) is 0 Å². The first-order valence-corrected chi connectivity index (χ1v) is 4.56. The van der Waals surface area contributed by atoms with Gasteiger partial charge in [-0.1, -0.05) is 18.2 Å². The summed E-state index contributed by atoms with van der Waals surface area (Å²) in [4.78, 5) is 13.8. The Balaban J connectivity index is 2.68. The van der Waals surface area contributed by atoms with E-state index in [-0.39, 0.29) is 5.69 Å². The molecule has 0 fully saturated rings. The van der Waals surface area contributed by atoms with E-state index in [9.17, 15) is 4.79 Å². The van der Waals surface area contributed by atoms with Crippen LogP contribution in [-0.2, 0) is 11.3 Å². The number of carbonyl (C=O) groups is 1. The summed E-state index contributed by atoms with van der Waals surface area (Å²) in [5, 5.41) is 9.91. The third-order valence-corrected chi connectivity index (χ3v) is 2.32. The van der Waals surface area contributed by atoms with E-state index in [2.05, 4.69) is 4.98 Å². The van der Waals surface area contributed by atoms with Gasteiger partial charge in [-0.25, -0.2) is 4.79 Å². The maximum absolute atomic E-state index is 11.0. The smallest absolute Gasteiger partial charge is 0.352 e. The average molecular weight is 205 g/mol. The van der Waals surface area contributed by atoms with Crippen LogP contribution in [0.1, 0.15) is 16.1 Å². The zero-order valence-electron chi connectivity index (χ0n) is 8.28. The van der Waals surface area contributed by atoms with Gasteiger partial charge < -0.3 is 14.8 Å². The summed E-state index contributed by atoms with van der Waals surface area (Å²) in [5.41, 5.74) is 1.72. The van der Waals surface area contributed by atoms with Crippen LogP contribution >= 0.6 is 0 Å². The molecule has 78 valence electrons. The maximum atomic E-state index is 11.0. The van der Waals surface area contributed by atoms with E-state index in [1.807, 2.05) is 24.3 Å². The number of hydrogen-bond acceptors (Lipinski definition) is 2. The second-order valence-electron chi connectivity index (χ2n) is 3.26. The fourth-order valence-electron chi connectivity index (χ4n) is 1.68. The number of rotatable bonds is 3. The van der Waals surface area contributed by atoms with Crippen molar-refractivity contribution in [3.8, 4) is 0 Å². The van der Waals surface area contributed by atoms with Crippen LogP contribution in [0.25, 0.3) is 10.9 Å². The molecule has 15 heavy (non-hydrogen) atoms. The van der Waals surface area contributed by atoms with Gasteiger partial charge in [0, 0.05) is 23.6 Å². The molecule has 0 spiro atoms. The first-order chi connectivity index (χ1) is 7.24. The molecule has 1 aromatic carbocycles. The van der Waals surface area contributed by atoms with Crippen LogP contribution in [0.3, 0.4) is 0 Å². The van der Waals surface area contributed by atoms with Crippen LogP contribution in [-0.4, -0.2) is 23.2 Å². The van der Waals surface area contributed by atoms with E-state index in [4.69, 9.17) is 9.84 Å². The Kier molecular flexibility index (Phi) is 2.43. The van der Waals surface area contributed by atoms with Crippen molar-refractivity contribution < 1.29 is 14.6 Å². The van der Waals surface area contributed by atoms with Gasteiger partial charge in [0.1, 0.15) is 5.69 Å². The normalized spacial score (nSPS) is 10.7. The van der Waals surface area contributed by atoms with Gasteiger partial charge in [-0.3, -0.25) is 0 Å². The second-order valence-corrected chi connectivity index (χ2v) is 3.26. The Morgan fingerprint density at radius 2 is 2.20 bits per heavy atom. The van der Waals surface area contributed by atoms with Gasteiger partial charge in [0.05, 0.1) is 6.61 Å². The molecule has 0 atom stereocenters. The van der Waals surface area contributed by atoms with E-state index >= 15 is 0 Å². The fourth-order valence-corrected chi connectivity index (χ4v) is 1.68. The van der Waals surface area contributed by atoms with E-state index < -0.39 is 5.97 Å². The maximum Gasteiger partial charge on any atom is 0.352 e. The van der Waals surface area contributed by atoms with Crippen LogP contribution in [0, 0.1) is 0 Å². The average Bonchev–Trinajstić information content (AvgIpc) is 2.58. The number of nitrogens with one attached hydrogen (secondary N) is 1. The molecular weight excluding hydrogens is 194 g/mol. The number of para-hydroxylation sites is 1. The third kappa shape index (κ3) is 1.59. The molecule has 0 aliphatic heterocycles. The molecular formula is C11H11NO3. The van der Waals surface area contributed by atoms with Crippen molar-refractivity contribution in [2.24, 2.45) is 0 Å². The molecule has 0 saturated heterocycles. The lowest BCUT2D eigenvalue weighted by Crippen LogP contribution is -2.01. The molecule has 1 aromatic heterocycles. The number of carboxylic acids is 1. The van der Waals surface area contributed by atoms with Gasteiger partial charge >= 0.3 is 5.97 Å². The monoisotopic (exact) mass is 205 g/mol. The lowest BCUT2D eigenvalue weighted by atomic mass is 10.1. The van der Waals surface area contributed by atoms with Crippen LogP contribution < -0.4 is 0 Å². The molecule has 0 unspecified atom stereocenters. The fraction of sp³-hybridized carbons (Fsp3) is 0.182. The van der Waals surface area contributed by atoms with Gasteiger partial charge in [0.25, 0.3) is 0 Å². The minimum Gasteiger partial charge on any atom is -0.477 e. The second kappa shape index (κ2) is 3.74. The Hall–Kier alpha value is -1.81. The summed E-state index contributed by atoms with van der Waals surface area (Å²) >= 11 is 0. The van der Waals surface area contributed by atoms with Crippen molar-refractivity contribution in [3.05, 3.63) is 35.5 Å². The molecule has 2 aromatic rings. The number of hydrogen-bond donors (Lipinski definition) is 2. The van der Waals surface area contributed by atoms with Gasteiger partial charge in [0.2, 0.25) is 0 Å². The van der Waals surface area contributed by atoms with E-state index in [0.717, 1.165) is 10.9 Å². The molecule has 0 aliphatic rings. The lowest BCUT2D eigenvalue weighted by molar-refractivity contribution is 0.0686. The number of aromatic carboxylic acids is 1. The largest absolute Gasteiger partial charge is 0.477 e. The van der Waals surface area contributed by atoms with Gasteiger partial charge in [-0.05, 0) is 6.07 Å². The van der Waals surface area contributed by atoms with Crippen molar-refractivity contribution in [1.82, 2.24) is 4.98 Å². The molecule has 2 N–H and O–H groups in total. The number of carboxylic acid groups (broad SMARTS) is 1. The Labute approximate surface area is 86.5 Å². The summed E-state index contributed by atoms with van der Waals surface area (Å²) in [6.45, 7) is 0.297. The minimum atomic E-state index is -0.960. The molecule has 0 bridgehead atoms. The molecule has 0 saturated carbocycles. The van der Waals surface area contributed by atoms with Crippen molar-refractivity contribution in [2.75, 3.05) is 7.11 Å². The van der Waals surface area contributed by atoms with Crippen molar-refractivity contribution in [2.45, 2.75) is 6.61 Å². The van der Waals surface area contributed by atoms with Crippen LogP contribution in [0.2, 0.25) is 0 Å². The molecule has 0 radical (unpaired) electrons. The van der Waals surface area contributed by atoms with Gasteiger partial charge in [-0.2, -0.15) is 0 Å². The summed E-state index contributed by atoms with van der Waals surface area (Å²) < 4.78 is 5.00. The highest BCUT2D eigenvalue weighted by molar-refractivity contribution is 5.97. The Bertz CT molecular complexity index is 502. The SMILES string of the molecule is COCc1c(C(=O)O)[nH]c2ccccc12. The Morgan fingerprint density at radius 1 is 1.47 bits per heavy atom. The molecule has 0 amide bonds. The quantitative estimate of drug-likeness (QED) is 0.805. The number of aromatic amines is 1. The standard InChI is InChI=1S/C11H11NO3/c1-15-6-8-7-4-2-3-5-9(7)12-10(8)11(13)14/h2-5,12H,6H2,1H3,(H,13,14). The summed E-state index contributed by atoms with van der Waals surface area (Å²) in [7, 11) is 1.55. The minimum absolute atomic E-state index is 0.207.